The number of ether oxygens (including phenoxy) is 1. The summed E-state index contributed by atoms with van der Waals surface area (Å²) in [5.41, 5.74) is 3.24. The molecule has 2 aromatic carbocycles. The Morgan fingerprint density at radius 3 is 1.94 bits per heavy atom. The molecule has 0 fully saturated rings. The van der Waals surface area contributed by atoms with E-state index in [4.69, 9.17) is 9.84 Å². The molecule has 1 N–H and O–H groups in total. The van der Waals surface area contributed by atoms with Crippen molar-refractivity contribution in [2.45, 2.75) is 20.0 Å². The van der Waals surface area contributed by atoms with Gasteiger partial charge < -0.3 is 9.84 Å². The van der Waals surface area contributed by atoms with Crippen LogP contribution in [0.3, 0.4) is 0 Å². The van der Waals surface area contributed by atoms with Gasteiger partial charge in [0, 0.05) is 0 Å². The molecule has 0 spiro atoms. The van der Waals surface area contributed by atoms with E-state index in [9.17, 15) is 0 Å². The first-order valence-corrected chi connectivity index (χ1v) is 6.26. The zero-order chi connectivity index (χ0) is 12.8. The minimum absolute atomic E-state index is 0.0874. The van der Waals surface area contributed by atoms with Crippen LogP contribution in [0.5, 0.6) is 5.75 Å². The molecule has 0 atom stereocenters. The van der Waals surface area contributed by atoms with E-state index in [2.05, 4.69) is 19.1 Å². The number of aliphatic hydroxyl groups is 1. The maximum atomic E-state index is 9.00. The van der Waals surface area contributed by atoms with Crippen molar-refractivity contribution >= 4 is 0 Å². The summed E-state index contributed by atoms with van der Waals surface area (Å²) in [7, 11) is 0. The highest BCUT2D eigenvalue weighted by molar-refractivity contribution is 5.64. The molecule has 0 aliphatic heterocycles. The molecule has 0 aliphatic carbocycles. The molecule has 0 aromatic heterocycles. The molecule has 0 saturated heterocycles. The second kappa shape index (κ2) is 6.22. The van der Waals surface area contributed by atoms with Crippen LogP contribution in [-0.4, -0.2) is 11.7 Å². The SMILES string of the molecule is CCCOc1ccc(-c2ccc(CO)cc2)cc1. The number of benzene rings is 2. The number of hydrogen-bond acceptors (Lipinski definition) is 2. The zero-order valence-corrected chi connectivity index (χ0v) is 10.6. The number of hydrogen-bond donors (Lipinski definition) is 1. The lowest BCUT2D eigenvalue weighted by Gasteiger charge is -2.06. The second-order valence-electron chi connectivity index (χ2n) is 4.23. The van der Waals surface area contributed by atoms with Crippen molar-refractivity contribution < 1.29 is 9.84 Å². The third-order valence-corrected chi connectivity index (χ3v) is 2.80. The van der Waals surface area contributed by atoms with E-state index < -0.39 is 0 Å². The van der Waals surface area contributed by atoms with E-state index >= 15 is 0 Å². The predicted molar refractivity (Wildman–Crippen MR) is 73.6 cm³/mol. The molecular formula is C16H18O2. The molecule has 94 valence electrons. The van der Waals surface area contributed by atoms with Crippen molar-refractivity contribution in [3.05, 3.63) is 54.1 Å². The smallest absolute Gasteiger partial charge is 0.119 e. The highest BCUT2D eigenvalue weighted by Gasteiger charge is 1.99. The van der Waals surface area contributed by atoms with Crippen LogP contribution in [0.25, 0.3) is 11.1 Å². The molecule has 0 amide bonds. The molecule has 0 aliphatic rings. The second-order valence-corrected chi connectivity index (χ2v) is 4.23. The fraction of sp³-hybridized carbons (Fsp3) is 0.250. The van der Waals surface area contributed by atoms with Gasteiger partial charge in [-0.2, -0.15) is 0 Å². The van der Waals surface area contributed by atoms with Crippen LogP contribution in [0.1, 0.15) is 18.9 Å². The molecular weight excluding hydrogens is 224 g/mol. The van der Waals surface area contributed by atoms with Gasteiger partial charge in [-0.05, 0) is 35.2 Å². The highest BCUT2D eigenvalue weighted by atomic mass is 16.5. The molecule has 2 nitrogen and oxygen atoms in total. The molecule has 2 rings (SSSR count). The molecule has 0 saturated carbocycles. The van der Waals surface area contributed by atoms with Gasteiger partial charge in [0.1, 0.15) is 5.75 Å². The highest BCUT2D eigenvalue weighted by Crippen LogP contribution is 2.22. The van der Waals surface area contributed by atoms with Crippen molar-refractivity contribution in [1.82, 2.24) is 0 Å². The fourth-order valence-electron chi connectivity index (χ4n) is 1.77. The third kappa shape index (κ3) is 3.11. The molecule has 0 unspecified atom stereocenters. The van der Waals surface area contributed by atoms with Gasteiger partial charge >= 0.3 is 0 Å². The minimum Gasteiger partial charge on any atom is -0.494 e. The molecule has 2 aromatic rings. The quantitative estimate of drug-likeness (QED) is 0.867. The summed E-state index contributed by atoms with van der Waals surface area (Å²) < 4.78 is 5.55. The predicted octanol–water partition coefficient (Wildman–Crippen LogP) is 3.63. The summed E-state index contributed by atoms with van der Waals surface area (Å²) in [5.74, 6) is 0.910. The summed E-state index contributed by atoms with van der Waals surface area (Å²) in [5, 5.41) is 9.00. The van der Waals surface area contributed by atoms with Crippen LogP contribution >= 0.6 is 0 Å². The maximum absolute atomic E-state index is 9.00. The van der Waals surface area contributed by atoms with Gasteiger partial charge in [-0.15, -0.1) is 0 Å². The normalized spacial score (nSPS) is 10.3. The monoisotopic (exact) mass is 242 g/mol. The van der Waals surface area contributed by atoms with E-state index in [0.29, 0.717) is 0 Å². The van der Waals surface area contributed by atoms with Crippen molar-refractivity contribution in [2.24, 2.45) is 0 Å². The van der Waals surface area contributed by atoms with Crippen LogP contribution < -0.4 is 4.74 Å². The lowest BCUT2D eigenvalue weighted by atomic mass is 10.0. The Hall–Kier alpha value is -1.80. The number of aliphatic hydroxyl groups excluding tert-OH is 1. The summed E-state index contributed by atoms with van der Waals surface area (Å²) in [6.07, 6.45) is 1.02. The van der Waals surface area contributed by atoms with Crippen LogP contribution in [0, 0.1) is 0 Å². The lowest BCUT2D eigenvalue weighted by molar-refractivity contribution is 0.282. The van der Waals surface area contributed by atoms with E-state index in [0.717, 1.165) is 35.5 Å². The first-order chi connectivity index (χ1) is 8.83. The van der Waals surface area contributed by atoms with Gasteiger partial charge in [0.25, 0.3) is 0 Å². The van der Waals surface area contributed by atoms with E-state index in [1.54, 1.807) is 0 Å². The summed E-state index contributed by atoms with van der Waals surface area (Å²) >= 11 is 0. The van der Waals surface area contributed by atoms with Crippen molar-refractivity contribution in [3.8, 4) is 16.9 Å². The van der Waals surface area contributed by atoms with Crippen LogP contribution in [0.15, 0.2) is 48.5 Å². The van der Waals surface area contributed by atoms with Crippen LogP contribution in [0.4, 0.5) is 0 Å². The minimum atomic E-state index is 0.0874. The number of rotatable bonds is 5. The Kier molecular flexibility index (Phi) is 4.37. The topological polar surface area (TPSA) is 29.5 Å². The van der Waals surface area contributed by atoms with Crippen molar-refractivity contribution in [3.63, 3.8) is 0 Å². The first kappa shape index (κ1) is 12.7. The Morgan fingerprint density at radius 2 is 1.44 bits per heavy atom. The standard InChI is InChI=1S/C16H18O2/c1-2-11-18-16-9-7-15(8-10-16)14-5-3-13(12-17)4-6-14/h3-10,17H,2,11-12H2,1H3. The molecule has 0 bridgehead atoms. The Balaban J connectivity index is 2.12. The molecule has 18 heavy (non-hydrogen) atoms. The summed E-state index contributed by atoms with van der Waals surface area (Å²) in [6.45, 7) is 2.94. The average molecular weight is 242 g/mol. The largest absolute Gasteiger partial charge is 0.494 e. The van der Waals surface area contributed by atoms with Gasteiger partial charge in [-0.3, -0.25) is 0 Å². The Labute approximate surface area is 108 Å². The van der Waals surface area contributed by atoms with Crippen molar-refractivity contribution in [2.75, 3.05) is 6.61 Å². The Morgan fingerprint density at radius 1 is 0.889 bits per heavy atom. The van der Waals surface area contributed by atoms with Crippen molar-refractivity contribution in [1.29, 1.82) is 0 Å². The van der Waals surface area contributed by atoms with Gasteiger partial charge in [-0.25, -0.2) is 0 Å². The average Bonchev–Trinajstić information content (AvgIpc) is 2.46. The lowest BCUT2D eigenvalue weighted by Crippen LogP contribution is -1.94. The zero-order valence-electron chi connectivity index (χ0n) is 10.6. The van der Waals surface area contributed by atoms with Crippen LogP contribution in [0.2, 0.25) is 0 Å². The molecule has 0 radical (unpaired) electrons. The molecule has 0 heterocycles. The first-order valence-electron chi connectivity index (χ1n) is 6.26. The van der Waals surface area contributed by atoms with Crippen LogP contribution in [-0.2, 0) is 6.61 Å². The fourth-order valence-corrected chi connectivity index (χ4v) is 1.77. The van der Waals surface area contributed by atoms with E-state index in [-0.39, 0.29) is 6.61 Å². The third-order valence-electron chi connectivity index (χ3n) is 2.80. The maximum Gasteiger partial charge on any atom is 0.119 e. The molecule has 2 heteroatoms. The van der Waals surface area contributed by atoms with E-state index in [1.165, 1.54) is 0 Å². The van der Waals surface area contributed by atoms with Gasteiger partial charge in [0.15, 0.2) is 0 Å². The van der Waals surface area contributed by atoms with E-state index in [1.807, 2.05) is 36.4 Å². The summed E-state index contributed by atoms with van der Waals surface area (Å²) in [6, 6.07) is 16.0. The summed E-state index contributed by atoms with van der Waals surface area (Å²) in [4.78, 5) is 0. The van der Waals surface area contributed by atoms with Gasteiger partial charge in [-0.1, -0.05) is 43.3 Å². The van der Waals surface area contributed by atoms with Gasteiger partial charge in [0.05, 0.1) is 13.2 Å². The van der Waals surface area contributed by atoms with Gasteiger partial charge in [0.2, 0.25) is 0 Å². The Bertz CT molecular complexity index is 471.